The fourth-order valence-electron chi connectivity index (χ4n) is 1.95. The van der Waals surface area contributed by atoms with Crippen molar-refractivity contribution in [2.75, 3.05) is 13.7 Å². The Morgan fingerprint density at radius 2 is 1.81 bits per heavy atom. The van der Waals surface area contributed by atoms with Crippen LogP contribution in [-0.4, -0.2) is 25.4 Å². The second-order valence-corrected chi connectivity index (χ2v) is 4.79. The van der Waals surface area contributed by atoms with E-state index in [1.807, 2.05) is 24.3 Å². The largest absolute Gasteiger partial charge is 0.497 e. The molecule has 1 aromatic carbocycles. The number of hydrogen-bond acceptors (Lipinski definition) is 4. The topological polar surface area (TPSA) is 47.9 Å². The van der Waals surface area contributed by atoms with Gasteiger partial charge in [0.1, 0.15) is 11.5 Å². The van der Waals surface area contributed by atoms with Crippen LogP contribution in [0.5, 0.6) is 5.75 Å². The zero-order chi connectivity index (χ0) is 15.5. The molecule has 0 radical (unpaired) electrons. The highest BCUT2D eigenvalue weighted by molar-refractivity contribution is 6.36. The van der Waals surface area contributed by atoms with E-state index >= 15 is 0 Å². The first-order valence-electron chi connectivity index (χ1n) is 7.60. The second kappa shape index (κ2) is 9.97. The molecule has 0 heterocycles. The molecule has 0 amide bonds. The van der Waals surface area contributed by atoms with Crippen molar-refractivity contribution in [3.05, 3.63) is 24.3 Å². The smallest absolute Gasteiger partial charge is 0.352 e. The molecule has 0 atom stereocenters. The number of aliphatic imine (C=N–C) groups is 1. The molecular formula is C17H25NO3. The summed E-state index contributed by atoms with van der Waals surface area (Å²) in [4.78, 5) is 16.4. The number of hydrogen-bond donors (Lipinski definition) is 0. The summed E-state index contributed by atoms with van der Waals surface area (Å²) >= 11 is 0. The molecule has 4 heteroatoms. The fraction of sp³-hybridized carbons (Fsp3) is 0.529. The predicted molar refractivity (Wildman–Crippen MR) is 85.5 cm³/mol. The Hall–Kier alpha value is -1.84. The van der Waals surface area contributed by atoms with E-state index in [1.165, 1.54) is 12.8 Å². The Morgan fingerprint density at radius 3 is 2.38 bits per heavy atom. The Labute approximate surface area is 127 Å². The minimum Gasteiger partial charge on any atom is -0.497 e. The van der Waals surface area contributed by atoms with Crippen LogP contribution in [0.3, 0.4) is 0 Å². The molecule has 0 aromatic heterocycles. The molecular weight excluding hydrogens is 266 g/mol. The average Bonchev–Trinajstić information content (AvgIpc) is 2.51. The van der Waals surface area contributed by atoms with Gasteiger partial charge in [0, 0.05) is 0 Å². The average molecular weight is 291 g/mol. The number of carbonyl (C=O) groups excluding carboxylic acids is 1. The maximum absolute atomic E-state index is 12.0. The van der Waals surface area contributed by atoms with Crippen LogP contribution in [0.1, 0.15) is 46.0 Å². The summed E-state index contributed by atoms with van der Waals surface area (Å²) in [7, 11) is 1.62. The number of methoxy groups -OCH3 is 1. The molecule has 0 saturated heterocycles. The molecule has 1 aromatic rings. The van der Waals surface area contributed by atoms with Crippen LogP contribution < -0.4 is 4.74 Å². The number of unbranched alkanes of at least 4 members (excludes halogenated alkanes) is 3. The lowest BCUT2D eigenvalue weighted by atomic mass is 10.1. The third-order valence-electron chi connectivity index (χ3n) is 3.11. The Balaban J connectivity index is 2.77. The maximum Gasteiger partial charge on any atom is 0.352 e. The predicted octanol–water partition coefficient (Wildman–Crippen LogP) is 4.30. The van der Waals surface area contributed by atoms with Gasteiger partial charge in [-0.2, -0.15) is 0 Å². The molecule has 0 spiro atoms. The molecule has 0 aliphatic carbocycles. The summed E-state index contributed by atoms with van der Waals surface area (Å²) in [5.41, 5.74) is 1.24. The first kappa shape index (κ1) is 17.2. The van der Waals surface area contributed by atoms with Crippen molar-refractivity contribution >= 4 is 17.4 Å². The van der Waals surface area contributed by atoms with Crippen molar-refractivity contribution in [3.8, 4) is 5.75 Å². The highest BCUT2D eigenvalue weighted by atomic mass is 16.5. The lowest BCUT2D eigenvalue weighted by Crippen LogP contribution is -2.17. The zero-order valence-electron chi connectivity index (χ0n) is 13.2. The van der Waals surface area contributed by atoms with Crippen molar-refractivity contribution in [2.24, 2.45) is 4.99 Å². The first-order valence-corrected chi connectivity index (χ1v) is 7.60. The number of nitrogens with zero attached hydrogens (tertiary/aromatic N) is 1. The molecule has 21 heavy (non-hydrogen) atoms. The van der Waals surface area contributed by atoms with E-state index in [2.05, 4.69) is 11.9 Å². The van der Waals surface area contributed by atoms with E-state index in [9.17, 15) is 4.79 Å². The summed E-state index contributed by atoms with van der Waals surface area (Å²) < 4.78 is 10.2. The van der Waals surface area contributed by atoms with E-state index in [-0.39, 0.29) is 5.97 Å². The summed E-state index contributed by atoms with van der Waals surface area (Å²) in [6, 6.07) is 7.34. The number of benzene rings is 1. The Kier molecular flexibility index (Phi) is 8.17. The van der Waals surface area contributed by atoms with Crippen molar-refractivity contribution in [1.29, 1.82) is 0 Å². The van der Waals surface area contributed by atoms with Crippen molar-refractivity contribution in [1.82, 2.24) is 0 Å². The van der Waals surface area contributed by atoms with Crippen molar-refractivity contribution in [3.63, 3.8) is 0 Å². The monoisotopic (exact) mass is 291 g/mol. The van der Waals surface area contributed by atoms with Gasteiger partial charge in [0.05, 0.1) is 19.4 Å². The fourth-order valence-corrected chi connectivity index (χ4v) is 1.95. The lowest BCUT2D eigenvalue weighted by molar-refractivity contribution is -0.135. The molecule has 116 valence electrons. The molecule has 0 fully saturated rings. The molecule has 0 aliphatic heterocycles. The number of rotatable bonds is 9. The summed E-state index contributed by atoms with van der Waals surface area (Å²) in [6.45, 7) is 4.34. The Bertz CT molecular complexity index is 452. The minimum absolute atomic E-state index is 0.315. The minimum atomic E-state index is -0.315. The van der Waals surface area contributed by atoms with Gasteiger partial charge in [0.15, 0.2) is 0 Å². The highest BCUT2D eigenvalue weighted by Gasteiger charge is 2.12. The number of ether oxygens (including phenoxy) is 2. The van der Waals surface area contributed by atoms with Gasteiger partial charge in [-0.3, -0.25) is 0 Å². The summed E-state index contributed by atoms with van der Waals surface area (Å²) in [5.74, 6) is 0.458. The van der Waals surface area contributed by atoms with Crippen LogP contribution in [0.15, 0.2) is 29.3 Å². The van der Waals surface area contributed by atoms with Gasteiger partial charge in [-0.1, -0.05) is 26.2 Å². The number of esters is 1. The van der Waals surface area contributed by atoms with E-state index < -0.39 is 0 Å². The highest BCUT2D eigenvalue weighted by Crippen LogP contribution is 2.19. The second-order valence-electron chi connectivity index (χ2n) is 4.79. The zero-order valence-corrected chi connectivity index (χ0v) is 13.2. The van der Waals surface area contributed by atoms with Crippen LogP contribution in [-0.2, 0) is 9.53 Å². The van der Waals surface area contributed by atoms with Crippen molar-refractivity contribution in [2.45, 2.75) is 46.0 Å². The van der Waals surface area contributed by atoms with Gasteiger partial charge < -0.3 is 9.47 Å². The quantitative estimate of drug-likeness (QED) is 0.387. The van der Waals surface area contributed by atoms with Crippen molar-refractivity contribution < 1.29 is 14.3 Å². The summed E-state index contributed by atoms with van der Waals surface area (Å²) in [6.07, 6.45) is 5.08. The normalized spacial score (nSPS) is 11.3. The van der Waals surface area contributed by atoms with Crippen LogP contribution in [0, 0.1) is 0 Å². The standard InChI is InChI=1S/C17H25NO3/c1-4-6-7-8-9-16(17(19)21-5-2)18-14-10-12-15(20-3)13-11-14/h10-13H,4-9H2,1-3H3. The molecule has 0 aliphatic rings. The van der Waals surface area contributed by atoms with E-state index in [1.54, 1.807) is 14.0 Å². The van der Waals surface area contributed by atoms with E-state index in [0.717, 1.165) is 24.3 Å². The van der Waals surface area contributed by atoms with E-state index in [4.69, 9.17) is 9.47 Å². The van der Waals surface area contributed by atoms with Gasteiger partial charge in [-0.25, -0.2) is 9.79 Å². The van der Waals surface area contributed by atoms with Crippen LogP contribution in [0.2, 0.25) is 0 Å². The van der Waals surface area contributed by atoms with E-state index in [0.29, 0.717) is 18.7 Å². The summed E-state index contributed by atoms with van der Waals surface area (Å²) in [5, 5.41) is 0. The molecule has 0 saturated carbocycles. The van der Waals surface area contributed by atoms with Gasteiger partial charge in [0.2, 0.25) is 0 Å². The van der Waals surface area contributed by atoms with Gasteiger partial charge in [-0.05, 0) is 44.0 Å². The molecule has 1 rings (SSSR count). The van der Waals surface area contributed by atoms with Crippen LogP contribution in [0.4, 0.5) is 5.69 Å². The molecule has 4 nitrogen and oxygen atoms in total. The maximum atomic E-state index is 12.0. The lowest BCUT2D eigenvalue weighted by Gasteiger charge is -2.07. The van der Waals surface area contributed by atoms with Crippen LogP contribution in [0.25, 0.3) is 0 Å². The van der Waals surface area contributed by atoms with Gasteiger partial charge in [-0.15, -0.1) is 0 Å². The molecule has 0 bridgehead atoms. The first-order chi connectivity index (χ1) is 10.2. The SMILES string of the molecule is CCCCCCC(=Nc1ccc(OC)cc1)C(=O)OCC. The van der Waals surface area contributed by atoms with Gasteiger partial charge >= 0.3 is 5.97 Å². The van der Waals surface area contributed by atoms with Gasteiger partial charge in [0.25, 0.3) is 0 Å². The number of carbonyl (C=O) groups is 1. The third-order valence-corrected chi connectivity index (χ3v) is 3.11. The Morgan fingerprint density at radius 1 is 1.10 bits per heavy atom. The third kappa shape index (κ3) is 6.43. The molecule has 0 N–H and O–H groups in total. The molecule has 0 unspecified atom stereocenters. The van der Waals surface area contributed by atoms with Crippen LogP contribution >= 0.6 is 0 Å².